The first-order valence-corrected chi connectivity index (χ1v) is 10.6. The van der Waals surface area contributed by atoms with Crippen molar-refractivity contribution in [3.63, 3.8) is 0 Å². The molecule has 0 aliphatic rings. The van der Waals surface area contributed by atoms with Gasteiger partial charge in [0.05, 0.1) is 13.7 Å². The second kappa shape index (κ2) is 11.0. The summed E-state index contributed by atoms with van der Waals surface area (Å²) >= 11 is 1.48. The lowest BCUT2D eigenvalue weighted by molar-refractivity contribution is -0.117. The Morgan fingerprint density at radius 2 is 1.84 bits per heavy atom. The summed E-state index contributed by atoms with van der Waals surface area (Å²) in [6, 6.07) is 18.2. The van der Waals surface area contributed by atoms with Crippen LogP contribution < -0.4 is 20.1 Å². The van der Waals surface area contributed by atoms with E-state index in [9.17, 15) is 9.59 Å². The fourth-order valence-electron chi connectivity index (χ4n) is 2.81. The quantitative estimate of drug-likeness (QED) is 0.392. The van der Waals surface area contributed by atoms with E-state index < -0.39 is 0 Å². The molecule has 0 bridgehead atoms. The molecule has 0 aliphatic carbocycles. The number of carbonyl (C=O) groups is 2. The summed E-state index contributed by atoms with van der Waals surface area (Å²) in [5, 5.41) is 7.45. The van der Waals surface area contributed by atoms with Gasteiger partial charge < -0.3 is 20.1 Å². The fraction of sp³-hybridized carbons (Fsp3) is 0.167. The van der Waals surface area contributed by atoms with Gasteiger partial charge in [0.2, 0.25) is 0 Å². The molecular formula is C24H24N2O4S. The Kier molecular flexibility index (Phi) is 7.84. The fourth-order valence-corrected chi connectivity index (χ4v) is 3.47. The van der Waals surface area contributed by atoms with Crippen molar-refractivity contribution < 1.29 is 19.1 Å². The maximum Gasteiger partial charge on any atom is 0.267 e. The molecule has 1 aromatic heterocycles. The monoisotopic (exact) mass is 436 g/mol. The number of thiophene rings is 1. The van der Waals surface area contributed by atoms with Gasteiger partial charge in [-0.05, 0) is 48.2 Å². The average Bonchev–Trinajstić information content (AvgIpc) is 3.29. The highest BCUT2D eigenvalue weighted by Gasteiger charge is 2.16. The molecule has 2 aromatic carbocycles. The molecule has 1 heterocycles. The van der Waals surface area contributed by atoms with Gasteiger partial charge in [0, 0.05) is 16.5 Å². The Labute approximate surface area is 185 Å². The van der Waals surface area contributed by atoms with Crippen LogP contribution in [0.5, 0.6) is 11.5 Å². The van der Waals surface area contributed by atoms with E-state index in [1.54, 1.807) is 31.4 Å². The van der Waals surface area contributed by atoms with Gasteiger partial charge in [-0.1, -0.05) is 30.3 Å². The first kappa shape index (κ1) is 22.1. The highest BCUT2D eigenvalue weighted by Crippen LogP contribution is 2.18. The third-order valence-corrected chi connectivity index (χ3v) is 5.23. The third-order valence-electron chi connectivity index (χ3n) is 4.41. The summed E-state index contributed by atoms with van der Waals surface area (Å²) in [5.41, 5.74) is 1.54. The standard InChI is InChI=1S/C24H24N2O4S/c1-17-7-3-4-11-21(17)23(27)26-22(16-20-10-6-14-31-20)24(28)25-12-13-30-19-9-5-8-18(15-19)29-2/h3-11,14-16H,12-13H2,1-2H3,(H,25,28)(H,26,27)/b22-16-. The minimum atomic E-state index is -0.385. The van der Waals surface area contributed by atoms with E-state index in [4.69, 9.17) is 9.47 Å². The zero-order chi connectivity index (χ0) is 22.1. The Bertz CT molecular complexity index is 1060. The number of aryl methyl sites for hydroxylation is 1. The maximum absolute atomic E-state index is 12.8. The van der Waals surface area contributed by atoms with Crippen LogP contribution in [-0.2, 0) is 4.79 Å². The number of hydrogen-bond acceptors (Lipinski definition) is 5. The summed E-state index contributed by atoms with van der Waals surface area (Å²) in [6.07, 6.45) is 1.67. The highest BCUT2D eigenvalue weighted by molar-refractivity contribution is 7.10. The zero-order valence-electron chi connectivity index (χ0n) is 17.4. The Morgan fingerprint density at radius 1 is 1.03 bits per heavy atom. The zero-order valence-corrected chi connectivity index (χ0v) is 18.2. The molecule has 3 rings (SSSR count). The van der Waals surface area contributed by atoms with Crippen molar-refractivity contribution in [2.45, 2.75) is 6.92 Å². The first-order valence-electron chi connectivity index (χ1n) is 9.74. The van der Waals surface area contributed by atoms with Crippen LogP contribution in [0.4, 0.5) is 0 Å². The Balaban J connectivity index is 1.63. The molecule has 160 valence electrons. The molecule has 0 saturated carbocycles. The van der Waals surface area contributed by atoms with Gasteiger partial charge in [0.25, 0.3) is 11.8 Å². The number of carbonyl (C=O) groups excluding carboxylic acids is 2. The number of rotatable bonds is 9. The van der Waals surface area contributed by atoms with E-state index in [1.165, 1.54) is 11.3 Å². The lowest BCUT2D eigenvalue weighted by Crippen LogP contribution is -2.36. The van der Waals surface area contributed by atoms with Crippen LogP contribution in [0.3, 0.4) is 0 Å². The normalized spacial score (nSPS) is 11.0. The van der Waals surface area contributed by atoms with Crippen molar-refractivity contribution >= 4 is 29.2 Å². The van der Waals surface area contributed by atoms with Crippen molar-refractivity contribution in [1.29, 1.82) is 0 Å². The van der Waals surface area contributed by atoms with Gasteiger partial charge in [-0.2, -0.15) is 0 Å². The van der Waals surface area contributed by atoms with Gasteiger partial charge in [0.1, 0.15) is 23.8 Å². The van der Waals surface area contributed by atoms with Crippen LogP contribution in [-0.4, -0.2) is 32.1 Å². The molecule has 0 fully saturated rings. The molecule has 0 aliphatic heterocycles. The second-order valence-electron chi connectivity index (χ2n) is 6.63. The number of nitrogens with one attached hydrogen (secondary N) is 2. The average molecular weight is 437 g/mol. The van der Waals surface area contributed by atoms with Gasteiger partial charge in [-0.25, -0.2) is 0 Å². The molecular weight excluding hydrogens is 412 g/mol. The van der Waals surface area contributed by atoms with E-state index in [2.05, 4.69) is 10.6 Å². The largest absolute Gasteiger partial charge is 0.497 e. The molecule has 2 amide bonds. The van der Waals surface area contributed by atoms with Crippen LogP contribution in [0.15, 0.2) is 71.7 Å². The van der Waals surface area contributed by atoms with Crippen molar-refractivity contribution in [2.24, 2.45) is 0 Å². The van der Waals surface area contributed by atoms with Crippen molar-refractivity contribution in [1.82, 2.24) is 10.6 Å². The molecule has 6 nitrogen and oxygen atoms in total. The number of hydrogen-bond donors (Lipinski definition) is 2. The van der Waals surface area contributed by atoms with E-state index in [-0.39, 0.29) is 30.7 Å². The van der Waals surface area contributed by atoms with Crippen molar-refractivity contribution in [3.05, 3.63) is 87.7 Å². The molecule has 0 unspecified atom stereocenters. The first-order chi connectivity index (χ1) is 15.1. The summed E-state index contributed by atoms with van der Waals surface area (Å²) in [5.74, 6) is 0.630. The van der Waals surface area contributed by atoms with Crippen molar-refractivity contribution in [2.75, 3.05) is 20.3 Å². The van der Waals surface area contributed by atoms with Crippen LogP contribution in [0.1, 0.15) is 20.8 Å². The molecule has 7 heteroatoms. The Hall–Kier alpha value is -3.58. The van der Waals surface area contributed by atoms with E-state index >= 15 is 0 Å². The molecule has 0 spiro atoms. The summed E-state index contributed by atoms with van der Waals surface area (Å²) in [4.78, 5) is 26.4. The number of amides is 2. The van der Waals surface area contributed by atoms with Gasteiger partial charge in [-0.15, -0.1) is 11.3 Å². The molecule has 3 aromatic rings. The predicted octanol–water partition coefficient (Wildman–Crippen LogP) is 4.03. The van der Waals surface area contributed by atoms with Crippen LogP contribution in [0.2, 0.25) is 0 Å². The van der Waals surface area contributed by atoms with Crippen molar-refractivity contribution in [3.8, 4) is 11.5 Å². The van der Waals surface area contributed by atoms with E-state index in [0.29, 0.717) is 17.1 Å². The second-order valence-corrected chi connectivity index (χ2v) is 7.61. The molecule has 0 radical (unpaired) electrons. The molecule has 31 heavy (non-hydrogen) atoms. The summed E-state index contributed by atoms with van der Waals surface area (Å²) in [6.45, 7) is 2.41. The maximum atomic E-state index is 12.8. The van der Waals surface area contributed by atoms with Gasteiger partial charge >= 0.3 is 0 Å². The number of benzene rings is 2. The molecule has 0 saturated heterocycles. The topological polar surface area (TPSA) is 76.7 Å². The smallest absolute Gasteiger partial charge is 0.267 e. The lowest BCUT2D eigenvalue weighted by Gasteiger charge is -2.12. The van der Waals surface area contributed by atoms with E-state index in [0.717, 1.165) is 10.4 Å². The number of methoxy groups -OCH3 is 1. The third kappa shape index (κ3) is 6.45. The van der Waals surface area contributed by atoms with Crippen LogP contribution >= 0.6 is 11.3 Å². The number of ether oxygens (including phenoxy) is 2. The van der Waals surface area contributed by atoms with E-state index in [1.807, 2.05) is 54.8 Å². The summed E-state index contributed by atoms with van der Waals surface area (Å²) < 4.78 is 10.8. The Morgan fingerprint density at radius 3 is 2.58 bits per heavy atom. The van der Waals surface area contributed by atoms with Gasteiger partial charge in [0.15, 0.2) is 0 Å². The minimum absolute atomic E-state index is 0.178. The lowest BCUT2D eigenvalue weighted by atomic mass is 10.1. The van der Waals surface area contributed by atoms with Crippen LogP contribution in [0.25, 0.3) is 6.08 Å². The minimum Gasteiger partial charge on any atom is -0.497 e. The summed E-state index contributed by atoms with van der Waals surface area (Å²) in [7, 11) is 1.59. The highest BCUT2D eigenvalue weighted by atomic mass is 32.1. The molecule has 0 atom stereocenters. The SMILES string of the molecule is COc1cccc(OCCNC(=O)/C(=C/c2cccs2)NC(=O)c2ccccc2C)c1. The van der Waals surface area contributed by atoms with Gasteiger partial charge in [-0.3, -0.25) is 9.59 Å². The predicted molar refractivity (Wildman–Crippen MR) is 122 cm³/mol. The molecule has 2 N–H and O–H groups in total. The van der Waals surface area contributed by atoms with Crippen LogP contribution in [0, 0.1) is 6.92 Å².